The fraction of sp³-hybridized carbons (Fsp3) is 0.818. The summed E-state index contributed by atoms with van der Waals surface area (Å²) in [6.07, 6.45) is 3.12. The van der Waals surface area contributed by atoms with E-state index in [0.29, 0.717) is 25.8 Å². The molecule has 0 aliphatic rings. The van der Waals surface area contributed by atoms with Crippen LogP contribution in [0.1, 0.15) is 39.0 Å². The van der Waals surface area contributed by atoms with Gasteiger partial charge in [0, 0.05) is 25.4 Å². The van der Waals surface area contributed by atoms with Crippen LogP contribution in [-0.2, 0) is 14.3 Å². The number of nitrogens with two attached hydrogens (primary N) is 1. The second-order valence-electron chi connectivity index (χ2n) is 3.78. The predicted molar refractivity (Wildman–Crippen MR) is 61.8 cm³/mol. The van der Waals surface area contributed by atoms with Gasteiger partial charge in [-0.05, 0) is 12.8 Å². The van der Waals surface area contributed by atoms with Gasteiger partial charge in [-0.25, -0.2) is 0 Å². The van der Waals surface area contributed by atoms with Gasteiger partial charge in [0.2, 0.25) is 5.91 Å². The van der Waals surface area contributed by atoms with E-state index in [0.717, 1.165) is 12.8 Å². The highest BCUT2D eigenvalue weighted by Gasteiger charge is 2.08. The van der Waals surface area contributed by atoms with Crippen molar-refractivity contribution in [2.45, 2.75) is 45.1 Å². The Bertz CT molecular complexity index is 219. The van der Waals surface area contributed by atoms with E-state index in [9.17, 15) is 9.59 Å². The van der Waals surface area contributed by atoms with Crippen LogP contribution in [0.3, 0.4) is 0 Å². The molecule has 0 heterocycles. The molecule has 1 amide bonds. The first-order valence-electron chi connectivity index (χ1n) is 5.69. The molecule has 1 unspecified atom stereocenters. The zero-order valence-corrected chi connectivity index (χ0v) is 10.1. The van der Waals surface area contributed by atoms with E-state index >= 15 is 0 Å². The van der Waals surface area contributed by atoms with E-state index in [2.05, 4.69) is 10.1 Å². The number of amides is 1. The molecule has 0 fully saturated rings. The Hall–Kier alpha value is -1.10. The summed E-state index contributed by atoms with van der Waals surface area (Å²) in [4.78, 5) is 22.1. The first kappa shape index (κ1) is 14.9. The van der Waals surface area contributed by atoms with E-state index < -0.39 is 0 Å². The van der Waals surface area contributed by atoms with Crippen LogP contribution >= 0.6 is 0 Å². The van der Waals surface area contributed by atoms with E-state index in [1.807, 2.05) is 6.92 Å². The Kier molecular flexibility index (Phi) is 8.52. The molecule has 5 nitrogen and oxygen atoms in total. The van der Waals surface area contributed by atoms with E-state index in [4.69, 9.17) is 5.73 Å². The molecule has 0 aliphatic carbocycles. The summed E-state index contributed by atoms with van der Waals surface area (Å²) >= 11 is 0. The summed E-state index contributed by atoms with van der Waals surface area (Å²) in [6, 6.07) is -0.0643. The molecule has 0 saturated heterocycles. The van der Waals surface area contributed by atoms with Gasteiger partial charge in [-0.2, -0.15) is 0 Å². The zero-order valence-electron chi connectivity index (χ0n) is 10.1. The lowest BCUT2D eigenvalue weighted by atomic mass is 10.1. The van der Waals surface area contributed by atoms with Gasteiger partial charge < -0.3 is 15.8 Å². The Labute approximate surface area is 96.7 Å². The van der Waals surface area contributed by atoms with Crippen molar-refractivity contribution in [3.05, 3.63) is 0 Å². The zero-order chi connectivity index (χ0) is 12.4. The molecule has 0 aromatic carbocycles. The van der Waals surface area contributed by atoms with Crippen molar-refractivity contribution in [3.63, 3.8) is 0 Å². The number of ether oxygens (including phenoxy) is 1. The maximum absolute atomic E-state index is 11.3. The molecular formula is C11H22N2O3. The average Bonchev–Trinajstić information content (AvgIpc) is 2.24. The number of hydrogen-bond acceptors (Lipinski definition) is 4. The van der Waals surface area contributed by atoms with Crippen LogP contribution in [0.5, 0.6) is 0 Å². The molecule has 0 aliphatic heterocycles. The molecular weight excluding hydrogens is 208 g/mol. The van der Waals surface area contributed by atoms with Crippen molar-refractivity contribution in [1.82, 2.24) is 5.32 Å². The molecule has 0 bridgehead atoms. The molecule has 3 N–H and O–H groups in total. The largest absolute Gasteiger partial charge is 0.469 e. The van der Waals surface area contributed by atoms with Crippen LogP contribution in [-0.4, -0.2) is 31.6 Å². The van der Waals surface area contributed by atoms with Crippen LogP contribution in [0, 0.1) is 0 Å². The maximum Gasteiger partial charge on any atom is 0.305 e. The quantitative estimate of drug-likeness (QED) is 0.472. The van der Waals surface area contributed by atoms with Gasteiger partial charge in [0.1, 0.15) is 0 Å². The predicted octanol–water partition coefficient (Wildman–Crippen LogP) is 0.573. The van der Waals surface area contributed by atoms with E-state index in [1.165, 1.54) is 7.11 Å². The van der Waals surface area contributed by atoms with E-state index in [-0.39, 0.29) is 17.9 Å². The normalized spacial score (nSPS) is 11.9. The minimum absolute atomic E-state index is 0.0502. The summed E-state index contributed by atoms with van der Waals surface area (Å²) in [5.41, 5.74) is 5.72. The highest BCUT2D eigenvalue weighted by Crippen LogP contribution is 1.98. The van der Waals surface area contributed by atoms with E-state index in [1.54, 1.807) is 0 Å². The summed E-state index contributed by atoms with van der Waals surface area (Å²) in [5.74, 6) is -0.303. The second kappa shape index (κ2) is 9.15. The molecule has 0 rings (SSSR count). The lowest BCUT2D eigenvalue weighted by Gasteiger charge is -2.10. The van der Waals surface area contributed by atoms with Crippen molar-refractivity contribution in [2.75, 3.05) is 13.7 Å². The maximum atomic E-state index is 11.3. The summed E-state index contributed by atoms with van der Waals surface area (Å²) in [5, 5.41) is 2.72. The monoisotopic (exact) mass is 230 g/mol. The summed E-state index contributed by atoms with van der Waals surface area (Å²) in [7, 11) is 1.35. The molecule has 16 heavy (non-hydrogen) atoms. The topological polar surface area (TPSA) is 81.4 Å². The summed E-state index contributed by atoms with van der Waals surface area (Å²) < 4.78 is 4.48. The lowest BCUT2D eigenvalue weighted by molar-refractivity contribution is -0.140. The van der Waals surface area contributed by atoms with Gasteiger partial charge >= 0.3 is 5.97 Å². The van der Waals surface area contributed by atoms with Crippen molar-refractivity contribution < 1.29 is 14.3 Å². The van der Waals surface area contributed by atoms with Crippen LogP contribution in [0.15, 0.2) is 0 Å². The minimum Gasteiger partial charge on any atom is -0.469 e. The molecule has 94 valence electrons. The third kappa shape index (κ3) is 8.23. The SMILES string of the molecule is CCCC(N)CC(=O)NCCCC(=O)OC. The van der Waals surface area contributed by atoms with Gasteiger partial charge in [-0.15, -0.1) is 0 Å². The second-order valence-corrected chi connectivity index (χ2v) is 3.78. The Balaban J connectivity index is 3.47. The number of carbonyl (C=O) groups excluding carboxylic acids is 2. The lowest BCUT2D eigenvalue weighted by Crippen LogP contribution is -2.32. The van der Waals surface area contributed by atoms with Gasteiger partial charge in [-0.3, -0.25) is 9.59 Å². The number of nitrogens with one attached hydrogen (secondary N) is 1. The smallest absolute Gasteiger partial charge is 0.305 e. The number of rotatable bonds is 8. The number of carbonyl (C=O) groups is 2. The molecule has 0 spiro atoms. The first-order valence-corrected chi connectivity index (χ1v) is 5.69. The molecule has 1 atom stereocenters. The fourth-order valence-electron chi connectivity index (χ4n) is 1.35. The molecule has 0 aromatic rings. The van der Waals surface area contributed by atoms with Crippen LogP contribution in [0.25, 0.3) is 0 Å². The van der Waals surface area contributed by atoms with Crippen molar-refractivity contribution >= 4 is 11.9 Å². The molecule has 0 aromatic heterocycles. The third-order valence-electron chi connectivity index (χ3n) is 2.21. The molecule has 5 heteroatoms. The van der Waals surface area contributed by atoms with Gasteiger partial charge in [0.25, 0.3) is 0 Å². The van der Waals surface area contributed by atoms with Crippen molar-refractivity contribution in [1.29, 1.82) is 0 Å². The van der Waals surface area contributed by atoms with Crippen LogP contribution in [0.4, 0.5) is 0 Å². The number of esters is 1. The summed E-state index contributed by atoms with van der Waals surface area (Å²) in [6.45, 7) is 2.53. The highest BCUT2D eigenvalue weighted by molar-refractivity contribution is 5.76. The van der Waals surface area contributed by atoms with Crippen LogP contribution < -0.4 is 11.1 Å². The Morgan fingerprint density at radius 3 is 2.69 bits per heavy atom. The van der Waals surface area contributed by atoms with Crippen molar-refractivity contribution in [2.24, 2.45) is 5.73 Å². The minimum atomic E-state index is -0.253. The van der Waals surface area contributed by atoms with Crippen LogP contribution in [0.2, 0.25) is 0 Å². The van der Waals surface area contributed by atoms with Gasteiger partial charge in [-0.1, -0.05) is 13.3 Å². The standard InChI is InChI=1S/C11H22N2O3/c1-3-5-9(12)8-10(14)13-7-4-6-11(15)16-2/h9H,3-8,12H2,1-2H3,(H,13,14). The average molecular weight is 230 g/mol. The molecule has 0 radical (unpaired) electrons. The molecule has 0 saturated carbocycles. The number of methoxy groups -OCH3 is 1. The van der Waals surface area contributed by atoms with Crippen molar-refractivity contribution in [3.8, 4) is 0 Å². The van der Waals surface area contributed by atoms with Gasteiger partial charge in [0.05, 0.1) is 7.11 Å². The Morgan fingerprint density at radius 2 is 2.12 bits per heavy atom. The number of hydrogen-bond donors (Lipinski definition) is 2. The third-order valence-corrected chi connectivity index (χ3v) is 2.21. The Morgan fingerprint density at radius 1 is 1.44 bits per heavy atom. The highest BCUT2D eigenvalue weighted by atomic mass is 16.5. The first-order chi connectivity index (χ1) is 7.60. The van der Waals surface area contributed by atoms with Gasteiger partial charge in [0.15, 0.2) is 0 Å². The fourth-order valence-corrected chi connectivity index (χ4v) is 1.35.